The van der Waals surface area contributed by atoms with Crippen molar-refractivity contribution < 1.29 is 24.5 Å². The van der Waals surface area contributed by atoms with Crippen molar-refractivity contribution in [3.05, 3.63) is 22.5 Å². The van der Waals surface area contributed by atoms with Gasteiger partial charge in [0.25, 0.3) is 0 Å². The van der Waals surface area contributed by atoms with Crippen LogP contribution in [0.2, 0.25) is 0 Å². The molecule has 1 heterocycles. The molecule has 0 amide bonds. The first kappa shape index (κ1) is 17.0. The van der Waals surface area contributed by atoms with E-state index in [1.54, 1.807) is 13.8 Å². The molecule has 0 bridgehead atoms. The maximum atomic E-state index is 13.1. The highest BCUT2D eigenvalue weighted by molar-refractivity contribution is 6.11. The fraction of sp³-hybridized carbons (Fsp3) is 0.700. The summed E-state index contributed by atoms with van der Waals surface area (Å²) in [6.45, 7) is 7.82. The van der Waals surface area contributed by atoms with Gasteiger partial charge in [0.05, 0.1) is 18.8 Å². The zero-order valence-electron chi connectivity index (χ0n) is 15.3. The van der Waals surface area contributed by atoms with Crippen LogP contribution in [0.25, 0.3) is 0 Å². The number of ether oxygens (including phenoxy) is 1. The lowest BCUT2D eigenvalue weighted by atomic mass is 9.51. The fourth-order valence-corrected chi connectivity index (χ4v) is 5.70. The Morgan fingerprint density at radius 3 is 2.44 bits per heavy atom. The van der Waals surface area contributed by atoms with E-state index in [0.717, 1.165) is 12.0 Å². The highest BCUT2D eigenvalue weighted by atomic mass is 16.5. The molecule has 3 aliphatic carbocycles. The Labute approximate surface area is 147 Å². The maximum absolute atomic E-state index is 13.1. The topological polar surface area (TPSA) is 83.8 Å². The fourth-order valence-electron chi connectivity index (χ4n) is 5.70. The van der Waals surface area contributed by atoms with Gasteiger partial charge in [0.1, 0.15) is 5.78 Å². The molecule has 136 valence electrons. The van der Waals surface area contributed by atoms with E-state index in [1.807, 2.05) is 13.8 Å². The number of fused-ring (bicyclic) bond motifs is 4. The van der Waals surface area contributed by atoms with Crippen molar-refractivity contribution in [2.24, 2.45) is 16.2 Å². The van der Waals surface area contributed by atoms with Crippen molar-refractivity contribution in [2.45, 2.75) is 65.6 Å². The molecular formula is C20H26O5. The average molecular weight is 346 g/mol. The molecule has 1 saturated carbocycles. The zero-order chi connectivity index (χ0) is 18.4. The predicted molar refractivity (Wildman–Crippen MR) is 90.9 cm³/mol. The first-order chi connectivity index (χ1) is 11.5. The number of allylic oxidation sites excluding steroid dienone is 3. The molecule has 0 aromatic rings. The van der Waals surface area contributed by atoms with Crippen molar-refractivity contribution >= 4 is 11.6 Å². The molecule has 2 fully saturated rings. The first-order valence-corrected chi connectivity index (χ1v) is 9.10. The molecular weight excluding hydrogens is 320 g/mol. The molecule has 0 unspecified atom stereocenters. The van der Waals surface area contributed by atoms with Gasteiger partial charge in [-0.3, -0.25) is 9.59 Å². The van der Waals surface area contributed by atoms with Gasteiger partial charge >= 0.3 is 0 Å². The average Bonchev–Trinajstić information content (AvgIpc) is 2.84. The number of carbonyl (C=O) groups excluding carboxylic acids is 2. The van der Waals surface area contributed by atoms with Gasteiger partial charge in [-0.2, -0.15) is 0 Å². The van der Waals surface area contributed by atoms with Crippen molar-refractivity contribution in [2.75, 3.05) is 6.61 Å². The number of ketones is 2. The maximum Gasteiger partial charge on any atom is 0.225 e. The second-order valence-electron chi connectivity index (χ2n) is 9.06. The Kier molecular flexibility index (Phi) is 3.28. The van der Waals surface area contributed by atoms with Crippen LogP contribution in [0.5, 0.6) is 0 Å². The van der Waals surface area contributed by atoms with Crippen molar-refractivity contribution in [3.8, 4) is 0 Å². The number of hydrogen-bond donors (Lipinski definition) is 2. The molecule has 4 aliphatic rings. The lowest BCUT2D eigenvalue weighted by Gasteiger charge is -2.52. The van der Waals surface area contributed by atoms with Gasteiger partial charge in [-0.25, -0.2) is 0 Å². The van der Waals surface area contributed by atoms with Crippen LogP contribution < -0.4 is 0 Å². The standard InChI is InChI=1S/C20H26O5/c1-18(2)11(21)6-8-19(3)10-5-7-20(4)12(22)9-25-17(20)13(10)14(23)15(24)16(18)19/h12,17,22,24H,5-9H2,1-4H3/t12-,17+,19+,20+/m0/s1. The number of Topliss-reactive ketones (excluding diaryl/α,β-unsaturated/α-hetero) is 2. The first-order valence-electron chi connectivity index (χ1n) is 9.10. The lowest BCUT2D eigenvalue weighted by molar-refractivity contribution is -0.129. The van der Waals surface area contributed by atoms with E-state index < -0.39 is 34.2 Å². The van der Waals surface area contributed by atoms with Crippen molar-refractivity contribution in [1.29, 1.82) is 0 Å². The highest BCUT2D eigenvalue weighted by Gasteiger charge is 2.60. The number of rotatable bonds is 0. The summed E-state index contributed by atoms with van der Waals surface area (Å²) in [5.74, 6) is -0.639. The van der Waals surface area contributed by atoms with Crippen LogP contribution in [-0.2, 0) is 14.3 Å². The van der Waals surface area contributed by atoms with Crippen LogP contribution in [0.3, 0.4) is 0 Å². The van der Waals surface area contributed by atoms with Crippen LogP contribution >= 0.6 is 0 Å². The van der Waals surface area contributed by atoms with Gasteiger partial charge in [0.2, 0.25) is 5.78 Å². The Morgan fingerprint density at radius 2 is 1.76 bits per heavy atom. The van der Waals surface area contributed by atoms with E-state index in [2.05, 4.69) is 0 Å². The molecule has 25 heavy (non-hydrogen) atoms. The van der Waals surface area contributed by atoms with Crippen LogP contribution in [0, 0.1) is 16.2 Å². The largest absolute Gasteiger partial charge is 0.504 e. The summed E-state index contributed by atoms with van der Waals surface area (Å²) in [7, 11) is 0. The Hall–Kier alpha value is -1.46. The van der Waals surface area contributed by atoms with Crippen LogP contribution in [0.1, 0.15) is 53.4 Å². The molecule has 4 atom stereocenters. The van der Waals surface area contributed by atoms with E-state index in [0.29, 0.717) is 30.4 Å². The number of hydrogen-bond acceptors (Lipinski definition) is 5. The number of carbonyl (C=O) groups is 2. The van der Waals surface area contributed by atoms with Gasteiger partial charge < -0.3 is 14.9 Å². The molecule has 1 aliphatic heterocycles. The van der Waals surface area contributed by atoms with Gasteiger partial charge in [-0.15, -0.1) is 0 Å². The summed E-state index contributed by atoms with van der Waals surface area (Å²) < 4.78 is 5.83. The minimum absolute atomic E-state index is 0.0663. The van der Waals surface area contributed by atoms with Crippen molar-refractivity contribution in [3.63, 3.8) is 0 Å². The lowest BCUT2D eigenvalue weighted by Crippen LogP contribution is -2.51. The van der Waals surface area contributed by atoms with Crippen LogP contribution in [0.15, 0.2) is 22.5 Å². The monoisotopic (exact) mass is 346 g/mol. The molecule has 2 N–H and O–H groups in total. The quantitative estimate of drug-likeness (QED) is 0.704. The minimum atomic E-state index is -0.845. The third-order valence-corrected chi connectivity index (χ3v) is 7.37. The van der Waals surface area contributed by atoms with E-state index in [9.17, 15) is 19.8 Å². The molecule has 0 aromatic carbocycles. The molecule has 5 heteroatoms. The summed E-state index contributed by atoms with van der Waals surface area (Å²) in [4.78, 5) is 25.6. The number of aliphatic hydroxyl groups excluding tert-OH is 2. The van der Waals surface area contributed by atoms with Gasteiger partial charge in [-0.05, 0) is 38.7 Å². The van der Waals surface area contributed by atoms with Gasteiger partial charge in [0.15, 0.2) is 5.76 Å². The third kappa shape index (κ3) is 1.86. The summed E-state index contributed by atoms with van der Waals surface area (Å²) in [5.41, 5.74) is 0.261. The van der Waals surface area contributed by atoms with Crippen molar-refractivity contribution in [1.82, 2.24) is 0 Å². The molecule has 0 spiro atoms. The Balaban J connectivity index is 1.93. The molecule has 5 nitrogen and oxygen atoms in total. The Morgan fingerprint density at radius 1 is 1.08 bits per heavy atom. The van der Waals surface area contributed by atoms with Crippen LogP contribution in [-0.4, -0.2) is 40.6 Å². The second kappa shape index (κ2) is 4.83. The summed E-state index contributed by atoms with van der Waals surface area (Å²) in [5, 5.41) is 21.2. The summed E-state index contributed by atoms with van der Waals surface area (Å²) in [6, 6.07) is 0. The molecule has 0 aromatic heterocycles. The molecule has 1 saturated heterocycles. The minimum Gasteiger partial charge on any atom is -0.504 e. The Bertz CT molecular complexity index is 758. The summed E-state index contributed by atoms with van der Waals surface area (Å²) in [6.07, 6.45) is 1.38. The van der Waals surface area contributed by atoms with E-state index in [1.165, 1.54) is 0 Å². The van der Waals surface area contributed by atoms with Gasteiger partial charge in [-0.1, -0.05) is 19.4 Å². The van der Waals surface area contributed by atoms with E-state index in [-0.39, 0.29) is 18.1 Å². The zero-order valence-corrected chi connectivity index (χ0v) is 15.3. The predicted octanol–water partition coefficient (Wildman–Crippen LogP) is 2.63. The molecule has 0 radical (unpaired) electrons. The third-order valence-electron chi connectivity index (χ3n) is 7.37. The number of aliphatic hydroxyl groups is 2. The van der Waals surface area contributed by atoms with Gasteiger partial charge in [0, 0.05) is 28.2 Å². The smallest absolute Gasteiger partial charge is 0.225 e. The second-order valence-corrected chi connectivity index (χ2v) is 9.06. The van der Waals surface area contributed by atoms with Crippen LogP contribution in [0.4, 0.5) is 0 Å². The van der Waals surface area contributed by atoms with E-state index >= 15 is 0 Å². The van der Waals surface area contributed by atoms with E-state index in [4.69, 9.17) is 4.74 Å². The molecule has 4 rings (SSSR count). The normalized spacial score (nSPS) is 43.1. The summed E-state index contributed by atoms with van der Waals surface area (Å²) >= 11 is 0. The highest BCUT2D eigenvalue weighted by Crippen LogP contribution is 2.61. The SMILES string of the molecule is CC1(C)C(=O)CC[C@]2(C)C3=C(C(=O)C(O)=C12)[C@H]1OC[C@H](O)[C@@]1(C)CC3.